The Balaban J connectivity index is 2.43. The second-order valence-corrected chi connectivity index (χ2v) is 7.37. The van der Waals surface area contributed by atoms with Crippen molar-refractivity contribution in [3.8, 4) is 0 Å². The molecule has 0 aliphatic heterocycles. The lowest BCUT2D eigenvalue weighted by molar-refractivity contribution is 0.280. The molecule has 0 aromatic heterocycles. The van der Waals surface area contributed by atoms with Gasteiger partial charge in [-0.3, -0.25) is 4.72 Å². The van der Waals surface area contributed by atoms with Crippen LogP contribution in [-0.4, -0.2) is 13.5 Å². The van der Waals surface area contributed by atoms with E-state index >= 15 is 0 Å². The molecule has 0 atom stereocenters. The maximum absolute atomic E-state index is 12.5. The Hall–Kier alpha value is -1.08. The van der Waals surface area contributed by atoms with Crippen LogP contribution < -0.4 is 4.72 Å². The minimum atomic E-state index is -3.75. The lowest BCUT2D eigenvalue weighted by Gasteiger charge is -2.13. The van der Waals surface area contributed by atoms with Gasteiger partial charge in [0.2, 0.25) is 0 Å². The van der Waals surface area contributed by atoms with Gasteiger partial charge in [-0.25, -0.2) is 8.42 Å². The van der Waals surface area contributed by atoms with Gasteiger partial charge >= 0.3 is 0 Å². The minimum absolute atomic E-state index is 0.135. The summed E-state index contributed by atoms with van der Waals surface area (Å²) in [7, 11) is -3.75. The van der Waals surface area contributed by atoms with E-state index in [0.29, 0.717) is 26.3 Å². The number of sulfonamides is 1. The summed E-state index contributed by atoms with van der Waals surface area (Å²) in [5.74, 6) is 0. The van der Waals surface area contributed by atoms with Gasteiger partial charge in [0.15, 0.2) is 0 Å². The van der Waals surface area contributed by atoms with Crippen molar-refractivity contribution in [3.05, 3.63) is 57.0 Å². The van der Waals surface area contributed by atoms with Gasteiger partial charge in [0.05, 0.1) is 17.2 Å². The van der Waals surface area contributed by atoms with E-state index in [-0.39, 0.29) is 11.5 Å². The molecule has 4 nitrogen and oxygen atoms in total. The number of aliphatic hydroxyl groups excluding tert-OH is 1. The van der Waals surface area contributed by atoms with E-state index in [4.69, 9.17) is 11.6 Å². The number of anilines is 1. The van der Waals surface area contributed by atoms with Crippen LogP contribution in [0.1, 0.15) is 11.1 Å². The van der Waals surface area contributed by atoms with Crippen LogP contribution in [0, 0.1) is 6.92 Å². The monoisotopic (exact) mass is 389 g/mol. The summed E-state index contributed by atoms with van der Waals surface area (Å²) < 4.78 is 28.0. The zero-order valence-corrected chi connectivity index (χ0v) is 14.3. The zero-order valence-electron chi connectivity index (χ0n) is 11.1. The molecule has 0 bridgehead atoms. The highest BCUT2D eigenvalue weighted by molar-refractivity contribution is 9.10. The van der Waals surface area contributed by atoms with Gasteiger partial charge in [0, 0.05) is 9.50 Å². The molecule has 2 rings (SSSR count). The Kier molecular flexibility index (Phi) is 4.93. The molecule has 0 saturated carbocycles. The molecule has 0 radical (unpaired) electrons. The number of hydrogen-bond acceptors (Lipinski definition) is 3. The summed E-state index contributed by atoms with van der Waals surface area (Å²) in [4.78, 5) is 0.135. The first-order valence-corrected chi connectivity index (χ1v) is 8.68. The molecule has 112 valence electrons. The van der Waals surface area contributed by atoms with Crippen molar-refractivity contribution in [2.24, 2.45) is 0 Å². The molecule has 0 saturated heterocycles. The first kappa shape index (κ1) is 16.3. The minimum Gasteiger partial charge on any atom is -0.392 e. The average molecular weight is 391 g/mol. The standard InChI is InChI=1S/C14H13BrClNO3S/c1-9-10(8-18)3-2-4-14(9)21(19,20)17-13-6-5-11(16)7-12(13)15/h2-7,17-18H,8H2,1H3. The Morgan fingerprint density at radius 3 is 2.62 bits per heavy atom. The van der Waals surface area contributed by atoms with Crippen molar-refractivity contribution in [1.29, 1.82) is 0 Å². The normalized spacial score (nSPS) is 11.4. The fourth-order valence-electron chi connectivity index (χ4n) is 1.89. The van der Waals surface area contributed by atoms with E-state index in [1.165, 1.54) is 6.07 Å². The number of nitrogens with one attached hydrogen (secondary N) is 1. The molecule has 0 heterocycles. The average Bonchev–Trinajstić information content (AvgIpc) is 2.42. The number of aliphatic hydroxyl groups is 1. The van der Waals surface area contributed by atoms with Gasteiger partial charge in [-0.15, -0.1) is 0 Å². The predicted molar refractivity (Wildman–Crippen MR) is 87.1 cm³/mol. The molecule has 0 aliphatic rings. The lowest BCUT2D eigenvalue weighted by Crippen LogP contribution is -2.15. The van der Waals surface area contributed by atoms with Crippen LogP contribution >= 0.6 is 27.5 Å². The van der Waals surface area contributed by atoms with Crippen LogP contribution in [0.25, 0.3) is 0 Å². The highest BCUT2D eigenvalue weighted by Gasteiger charge is 2.19. The molecule has 0 unspecified atom stereocenters. The first-order chi connectivity index (χ1) is 9.85. The summed E-state index contributed by atoms with van der Waals surface area (Å²) in [5, 5.41) is 9.74. The highest BCUT2D eigenvalue weighted by Crippen LogP contribution is 2.29. The molecular formula is C14H13BrClNO3S. The number of benzene rings is 2. The van der Waals surface area contributed by atoms with Crippen LogP contribution in [0.2, 0.25) is 5.02 Å². The predicted octanol–water partition coefficient (Wildman–Crippen LogP) is 3.70. The van der Waals surface area contributed by atoms with E-state index < -0.39 is 10.0 Å². The topological polar surface area (TPSA) is 66.4 Å². The molecule has 2 aromatic rings. The van der Waals surface area contributed by atoms with Gasteiger partial charge < -0.3 is 5.11 Å². The third kappa shape index (κ3) is 3.58. The zero-order chi connectivity index (χ0) is 15.6. The van der Waals surface area contributed by atoms with Gasteiger partial charge in [0.25, 0.3) is 10.0 Å². The van der Waals surface area contributed by atoms with Crippen molar-refractivity contribution in [1.82, 2.24) is 0 Å². The van der Waals surface area contributed by atoms with E-state index in [9.17, 15) is 13.5 Å². The van der Waals surface area contributed by atoms with E-state index in [1.54, 1.807) is 37.3 Å². The van der Waals surface area contributed by atoms with Gasteiger partial charge in [0.1, 0.15) is 0 Å². The van der Waals surface area contributed by atoms with Gasteiger partial charge in [-0.2, -0.15) is 0 Å². The van der Waals surface area contributed by atoms with Crippen molar-refractivity contribution < 1.29 is 13.5 Å². The molecule has 2 aromatic carbocycles. The third-order valence-electron chi connectivity index (χ3n) is 3.03. The largest absolute Gasteiger partial charge is 0.392 e. The summed E-state index contributed by atoms with van der Waals surface area (Å²) in [6.45, 7) is 1.46. The Bertz CT molecular complexity index is 778. The third-order valence-corrected chi connectivity index (χ3v) is 5.43. The fourth-order valence-corrected chi connectivity index (χ4v) is 4.18. The molecule has 21 heavy (non-hydrogen) atoms. The van der Waals surface area contributed by atoms with Crippen molar-refractivity contribution in [2.75, 3.05) is 4.72 Å². The van der Waals surface area contributed by atoms with E-state index in [0.717, 1.165) is 0 Å². The quantitative estimate of drug-likeness (QED) is 0.836. The first-order valence-electron chi connectivity index (χ1n) is 6.02. The molecule has 7 heteroatoms. The maximum atomic E-state index is 12.5. The second-order valence-electron chi connectivity index (χ2n) is 4.43. The summed E-state index contributed by atoms with van der Waals surface area (Å²) in [5.41, 5.74) is 1.50. The van der Waals surface area contributed by atoms with Gasteiger partial charge in [-0.05, 0) is 58.2 Å². The Morgan fingerprint density at radius 2 is 2.00 bits per heavy atom. The SMILES string of the molecule is Cc1c(CO)cccc1S(=O)(=O)Nc1ccc(Cl)cc1Br. The molecule has 0 spiro atoms. The van der Waals surface area contributed by atoms with Crippen LogP contribution in [0.5, 0.6) is 0 Å². The molecule has 0 amide bonds. The Morgan fingerprint density at radius 1 is 1.29 bits per heavy atom. The number of rotatable bonds is 4. The molecule has 0 aliphatic carbocycles. The highest BCUT2D eigenvalue weighted by atomic mass is 79.9. The van der Waals surface area contributed by atoms with Crippen LogP contribution in [0.15, 0.2) is 45.8 Å². The maximum Gasteiger partial charge on any atom is 0.262 e. The van der Waals surface area contributed by atoms with Gasteiger partial charge in [-0.1, -0.05) is 23.7 Å². The Labute approximate surface area is 136 Å². The van der Waals surface area contributed by atoms with Crippen molar-refractivity contribution >= 4 is 43.2 Å². The van der Waals surface area contributed by atoms with Crippen LogP contribution in [0.3, 0.4) is 0 Å². The number of halogens is 2. The smallest absolute Gasteiger partial charge is 0.262 e. The molecule has 0 fully saturated rings. The molecule has 2 N–H and O–H groups in total. The summed E-state index contributed by atoms with van der Waals surface area (Å²) >= 11 is 9.10. The lowest BCUT2D eigenvalue weighted by atomic mass is 10.1. The van der Waals surface area contributed by atoms with Crippen molar-refractivity contribution in [3.63, 3.8) is 0 Å². The fraction of sp³-hybridized carbons (Fsp3) is 0.143. The molecular weight excluding hydrogens is 378 g/mol. The summed E-state index contributed by atoms with van der Waals surface area (Å²) in [6.07, 6.45) is 0. The second kappa shape index (κ2) is 6.36. The van der Waals surface area contributed by atoms with Crippen LogP contribution in [0.4, 0.5) is 5.69 Å². The van der Waals surface area contributed by atoms with E-state index in [2.05, 4.69) is 20.7 Å². The van der Waals surface area contributed by atoms with Crippen molar-refractivity contribution in [2.45, 2.75) is 18.4 Å². The number of hydrogen-bond donors (Lipinski definition) is 2. The summed E-state index contributed by atoms with van der Waals surface area (Å²) in [6, 6.07) is 9.57. The van der Waals surface area contributed by atoms with E-state index in [1.807, 2.05) is 0 Å². The van der Waals surface area contributed by atoms with Crippen LogP contribution in [-0.2, 0) is 16.6 Å².